The van der Waals surface area contributed by atoms with Crippen LogP contribution in [-0.4, -0.2) is 31.1 Å². The van der Waals surface area contributed by atoms with E-state index in [9.17, 15) is 4.39 Å². The van der Waals surface area contributed by atoms with E-state index in [1.54, 1.807) is 6.07 Å². The average Bonchev–Trinajstić information content (AvgIpc) is 2.88. The molecule has 0 heterocycles. The second-order valence-electron chi connectivity index (χ2n) is 5.05. The molecule has 0 bridgehead atoms. The van der Waals surface area contributed by atoms with Crippen molar-refractivity contribution in [3.8, 4) is 0 Å². The van der Waals surface area contributed by atoms with Gasteiger partial charge in [0.15, 0.2) is 0 Å². The first-order chi connectivity index (χ1) is 8.68. The highest BCUT2D eigenvalue weighted by atomic mass is 19.1. The third-order valence-electron chi connectivity index (χ3n) is 3.78. The molecule has 0 aliphatic heterocycles. The third-order valence-corrected chi connectivity index (χ3v) is 3.78. The number of nitrogens with one attached hydrogen (secondary N) is 1. The monoisotopic (exact) mass is 251 g/mol. The lowest BCUT2D eigenvalue weighted by Gasteiger charge is -2.24. The van der Waals surface area contributed by atoms with E-state index in [1.807, 2.05) is 6.07 Å². The van der Waals surface area contributed by atoms with E-state index in [0.29, 0.717) is 5.69 Å². The number of nitrogen functional groups attached to an aromatic ring is 1. The van der Waals surface area contributed by atoms with Crippen LogP contribution in [0.25, 0.3) is 0 Å². The van der Waals surface area contributed by atoms with Crippen LogP contribution < -0.4 is 11.1 Å². The van der Waals surface area contributed by atoms with Crippen LogP contribution in [0.4, 0.5) is 15.8 Å². The van der Waals surface area contributed by atoms with Crippen molar-refractivity contribution in [3.63, 3.8) is 0 Å². The molecule has 0 saturated heterocycles. The van der Waals surface area contributed by atoms with Crippen molar-refractivity contribution >= 4 is 11.4 Å². The van der Waals surface area contributed by atoms with Crippen molar-refractivity contribution < 1.29 is 4.39 Å². The molecule has 0 radical (unpaired) electrons. The number of hydrogen-bond acceptors (Lipinski definition) is 3. The number of benzene rings is 1. The van der Waals surface area contributed by atoms with Gasteiger partial charge in [0.25, 0.3) is 0 Å². The maximum absolute atomic E-state index is 13.2. The number of nitrogens with zero attached hydrogens (tertiary/aromatic N) is 1. The van der Waals surface area contributed by atoms with Crippen LogP contribution in [0.3, 0.4) is 0 Å². The molecule has 3 N–H and O–H groups in total. The third kappa shape index (κ3) is 3.13. The zero-order valence-corrected chi connectivity index (χ0v) is 11.0. The van der Waals surface area contributed by atoms with Crippen molar-refractivity contribution in [1.29, 1.82) is 0 Å². The molecule has 0 amide bonds. The van der Waals surface area contributed by atoms with Gasteiger partial charge < -0.3 is 16.0 Å². The Morgan fingerprint density at radius 1 is 1.39 bits per heavy atom. The Bertz CT molecular complexity index is 389. The summed E-state index contributed by atoms with van der Waals surface area (Å²) in [5.74, 6) is -0.357. The predicted octanol–water partition coefficient (Wildman–Crippen LogP) is 2.69. The number of halogens is 1. The van der Waals surface area contributed by atoms with Crippen LogP contribution in [0, 0.1) is 5.82 Å². The van der Waals surface area contributed by atoms with Gasteiger partial charge in [0, 0.05) is 19.1 Å². The minimum absolute atomic E-state index is 0.209. The normalized spacial score (nSPS) is 16.4. The predicted molar refractivity (Wildman–Crippen MR) is 74.2 cm³/mol. The molecule has 2 rings (SSSR count). The molecule has 0 unspecified atom stereocenters. The molecule has 1 saturated carbocycles. The smallest absolute Gasteiger partial charge is 0.148 e. The number of anilines is 2. The minimum Gasteiger partial charge on any atom is -0.395 e. The van der Waals surface area contributed by atoms with E-state index in [0.717, 1.165) is 19.1 Å². The zero-order chi connectivity index (χ0) is 13.0. The zero-order valence-electron chi connectivity index (χ0n) is 11.0. The van der Waals surface area contributed by atoms with Crippen LogP contribution in [0.5, 0.6) is 0 Å². The Morgan fingerprint density at radius 2 is 2.11 bits per heavy atom. The summed E-state index contributed by atoms with van der Waals surface area (Å²) in [6.45, 7) is 1.75. The van der Waals surface area contributed by atoms with Gasteiger partial charge in [0.1, 0.15) is 5.82 Å². The van der Waals surface area contributed by atoms with Crippen LogP contribution in [-0.2, 0) is 0 Å². The first-order valence-electron chi connectivity index (χ1n) is 6.66. The summed E-state index contributed by atoms with van der Waals surface area (Å²) in [5, 5.41) is 3.20. The number of para-hydroxylation sites is 1. The summed E-state index contributed by atoms with van der Waals surface area (Å²) < 4.78 is 13.2. The lowest BCUT2D eigenvalue weighted by molar-refractivity contribution is 0.254. The van der Waals surface area contributed by atoms with E-state index in [1.165, 1.54) is 31.7 Å². The summed E-state index contributed by atoms with van der Waals surface area (Å²) in [4.78, 5) is 2.38. The molecule has 1 aromatic rings. The fourth-order valence-corrected chi connectivity index (χ4v) is 2.59. The first kappa shape index (κ1) is 13.1. The fourth-order valence-electron chi connectivity index (χ4n) is 2.59. The number of rotatable bonds is 5. The van der Waals surface area contributed by atoms with Gasteiger partial charge in [-0.1, -0.05) is 18.9 Å². The van der Waals surface area contributed by atoms with Crippen LogP contribution in [0.2, 0.25) is 0 Å². The maximum atomic E-state index is 13.2. The quantitative estimate of drug-likeness (QED) is 0.791. The SMILES string of the molecule is CN(CCNc1cccc(F)c1N)C1CCCC1. The number of likely N-dealkylation sites (N-methyl/N-ethyl adjacent to an activating group) is 1. The summed E-state index contributed by atoms with van der Waals surface area (Å²) in [6, 6.07) is 5.59. The highest BCUT2D eigenvalue weighted by molar-refractivity contribution is 5.66. The number of nitrogens with two attached hydrogens (primary N) is 1. The van der Waals surface area contributed by atoms with Crippen molar-refractivity contribution in [3.05, 3.63) is 24.0 Å². The second kappa shape index (κ2) is 6.05. The van der Waals surface area contributed by atoms with Gasteiger partial charge in [-0.05, 0) is 32.0 Å². The Morgan fingerprint density at radius 3 is 2.83 bits per heavy atom. The standard InChI is InChI=1S/C14H22FN3/c1-18(11-5-2-3-6-11)10-9-17-13-8-4-7-12(15)14(13)16/h4,7-8,11,17H,2-3,5-6,9-10,16H2,1H3. The van der Waals surface area contributed by atoms with E-state index >= 15 is 0 Å². The summed E-state index contributed by atoms with van der Waals surface area (Å²) in [7, 11) is 2.16. The lowest BCUT2D eigenvalue weighted by Crippen LogP contribution is -2.33. The van der Waals surface area contributed by atoms with Crippen molar-refractivity contribution in [2.24, 2.45) is 0 Å². The fraction of sp³-hybridized carbons (Fsp3) is 0.571. The molecule has 1 aliphatic carbocycles. The topological polar surface area (TPSA) is 41.3 Å². The molecular weight excluding hydrogens is 229 g/mol. The highest BCUT2D eigenvalue weighted by Crippen LogP contribution is 2.23. The largest absolute Gasteiger partial charge is 0.395 e. The van der Waals surface area contributed by atoms with E-state index in [-0.39, 0.29) is 11.5 Å². The Kier molecular flexibility index (Phi) is 4.42. The van der Waals surface area contributed by atoms with Gasteiger partial charge in [-0.15, -0.1) is 0 Å². The molecule has 1 aromatic carbocycles. The van der Waals surface area contributed by atoms with Gasteiger partial charge in [0.2, 0.25) is 0 Å². The molecule has 0 aromatic heterocycles. The van der Waals surface area contributed by atoms with Crippen molar-refractivity contribution in [2.75, 3.05) is 31.2 Å². The van der Waals surface area contributed by atoms with Crippen LogP contribution >= 0.6 is 0 Å². The van der Waals surface area contributed by atoms with E-state index < -0.39 is 0 Å². The molecule has 1 fully saturated rings. The lowest BCUT2D eigenvalue weighted by atomic mass is 10.2. The van der Waals surface area contributed by atoms with Gasteiger partial charge in [-0.3, -0.25) is 0 Å². The molecule has 3 nitrogen and oxygen atoms in total. The number of hydrogen-bond donors (Lipinski definition) is 2. The van der Waals surface area contributed by atoms with Crippen LogP contribution in [0.15, 0.2) is 18.2 Å². The molecule has 0 atom stereocenters. The van der Waals surface area contributed by atoms with Gasteiger partial charge in [-0.25, -0.2) is 4.39 Å². The Hall–Kier alpha value is -1.29. The summed E-state index contributed by atoms with van der Waals surface area (Å²) in [6.07, 6.45) is 5.30. The maximum Gasteiger partial charge on any atom is 0.148 e. The Labute approximate surface area is 108 Å². The summed E-state index contributed by atoms with van der Waals surface area (Å²) >= 11 is 0. The highest BCUT2D eigenvalue weighted by Gasteiger charge is 2.18. The van der Waals surface area contributed by atoms with Gasteiger partial charge in [-0.2, -0.15) is 0 Å². The Balaban J connectivity index is 1.79. The van der Waals surface area contributed by atoms with Crippen LogP contribution in [0.1, 0.15) is 25.7 Å². The molecule has 100 valence electrons. The van der Waals surface area contributed by atoms with Gasteiger partial charge >= 0.3 is 0 Å². The average molecular weight is 251 g/mol. The van der Waals surface area contributed by atoms with E-state index in [4.69, 9.17) is 5.73 Å². The molecule has 1 aliphatic rings. The molecule has 4 heteroatoms. The minimum atomic E-state index is -0.357. The van der Waals surface area contributed by atoms with Crippen molar-refractivity contribution in [2.45, 2.75) is 31.7 Å². The molecule has 18 heavy (non-hydrogen) atoms. The van der Waals surface area contributed by atoms with Crippen molar-refractivity contribution in [1.82, 2.24) is 4.90 Å². The second-order valence-corrected chi connectivity index (χ2v) is 5.05. The van der Waals surface area contributed by atoms with Gasteiger partial charge in [0.05, 0.1) is 11.4 Å². The summed E-state index contributed by atoms with van der Waals surface area (Å²) in [5.41, 5.74) is 6.57. The first-order valence-corrected chi connectivity index (χ1v) is 6.66. The molecule has 0 spiro atoms. The molecular formula is C14H22FN3. The van der Waals surface area contributed by atoms with E-state index in [2.05, 4.69) is 17.3 Å².